The maximum Gasteiger partial charge on any atom is 0.210 e. The van der Waals surface area contributed by atoms with Gasteiger partial charge in [0.15, 0.2) is 0 Å². The van der Waals surface area contributed by atoms with Crippen molar-refractivity contribution in [3.63, 3.8) is 0 Å². The van der Waals surface area contributed by atoms with E-state index >= 15 is 0 Å². The van der Waals surface area contributed by atoms with Crippen LogP contribution in [-0.4, -0.2) is 18.0 Å². The molecule has 5 heteroatoms. The molecule has 180 valence electrons. The molecule has 0 atom stereocenters. The molecule has 1 aromatic heterocycles. The number of aromatic nitrogens is 2. The van der Waals surface area contributed by atoms with Crippen molar-refractivity contribution in [2.24, 2.45) is 0 Å². The van der Waals surface area contributed by atoms with E-state index in [4.69, 9.17) is 4.98 Å². The van der Waals surface area contributed by atoms with Crippen molar-refractivity contribution >= 4 is 42.4 Å². The van der Waals surface area contributed by atoms with Crippen LogP contribution in [0.2, 0.25) is 0 Å². The van der Waals surface area contributed by atoms with Crippen molar-refractivity contribution in [3.8, 4) is 28.2 Å². The molecule has 1 aliphatic heterocycles. The minimum Gasteiger partial charge on any atom is -0.290 e. The molecule has 0 saturated carbocycles. The van der Waals surface area contributed by atoms with Crippen molar-refractivity contribution < 1.29 is 8.42 Å². The van der Waals surface area contributed by atoms with E-state index in [0.29, 0.717) is 26.5 Å². The zero-order valence-corrected chi connectivity index (χ0v) is 21.0. The molecule has 38 heavy (non-hydrogen) atoms. The summed E-state index contributed by atoms with van der Waals surface area (Å²) in [5, 5.41) is 4.90. The van der Waals surface area contributed by atoms with Crippen LogP contribution in [0.1, 0.15) is 0 Å². The number of para-hydroxylation sites is 2. The molecular formula is C33H20N2O2S. The highest BCUT2D eigenvalue weighted by Gasteiger charge is 2.33. The molecular weight excluding hydrogens is 488 g/mol. The number of nitrogens with zero attached hydrogens (tertiary/aromatic N) is 2. The Hall–Kier alpha value is -4.74. The van der Waals surface area contributed by atoms with Gasteiger partial charge in [-0.05, 0) is 63.0 Å². The third-order valence-electron chi connectivity index (χ3n) is 7.55. The summed E-state index contributed by atoms with van der Waals surface area (Å²) < 4.78 is 28.8. The molecule has 2 heterocycles. The van der Waals surface area contributed by atoms with Crippen molar-refractivity contribution in [1.29, 1.82) is 0 Å². The van der Waals surface area contributed by atoms with Gasteiger partial charge >= 0.3 is 0 Å². The van der Waals surface area contributed by atoms with E-state index in [-0.39, 0.29) is 0 Å². The SMILES string of the molecule is O=S1(=O)c2ccccc2-n2c(-c3ccc(-c4cc5ccccc5c5ccccc45)cc3)nc3cccc1c32. The fourth-order valence-electron chi connectivity index (χ4n) is 5.82. The summed E-state index contributed by atoms with van der Waals surface area (Å²) in [5.74, 6) is 0.727. The molecule has 0 amide bonds. The van der Waals surface area contributed by atoms with Crippen LogP contribution in [0.5, 0.6) is 0 Å². The van der Waals surface area contributed by atoms with Crippen LogP contribution in [0, 0.1) is 0 Å². The van der Waals surface area contributed by atoms with Gasteiger partial charge in [0.05, 0.1) is 26.5 Å². The standard InChI is InChI=1S/C33H20N2O2S/c36-38(37)30-14-6-5-13-29(30)35-32-28(12-7-15-31(32)38)34-33(35)22-18-16-21(17-19-22)27-20-23-8-1-2-9-24(23)25-10-3-4-11-26(25)27/h1-20H. The highest BCUT2D eigenvalue weighted by molar-refractivity contribution is 7.92. The summed E-state index contributed by atoms with van der Waals surface area (Å²) in [5.41, 5.74) is 5.16. The molecule has 0 bridgehead atoms. The second kappa shape index (κ2) is 7.63. The van der Waals surface area contributed by atoms with E-state index in [0.717, 1.165) is 17.0 Å². The van der Waals surface area contributed by atoms with Gasteiger partial charge in [-0.25, -0.2) is 13.4 Å². The zero-order valence-electron chi connectivity index (χ0n) is 20.2. The predicted octanol–water partition coefficient (Wildman–Crippen LogP) is 7.81. The number of sulfone groups is 1. The van der Waals surface area contributed by atoms with Crippen LogP contribution < -0.4 is 0 Å². The molecule has 1 aliphatic rings. The van der Waals surface area contributed by atoms with Crippen molar-refractivity contribution in [1.82, 2.24) is 9.55 Å². The Morgan fingerprint density at radius 1 is 0.579 bits per heavy atom. The highest BCUT2D eigenvalue weighted by Crippen LogP contribution is 2.42. The van der Waals surface area contributed by atoms with E-state index in [9.17, 15) is 8.42 Å². The molecule has 0 fully saturated rings. The summed E-state index contributed by atoms with van der Waals surface area (Å²) >= 11 is 0. The van der Waals surface area contributed by atoms with Gasteiger partial charge in [-0.3, -0.25) is 4.57 Å². The van der Waals surface area contributed by atoms with Gasteiger partial charge in [-0.15, -0.1) is 0 Å². The van der Waals surface area contributed by atoms with Crippen LogP contribution in [0.3, 0.4) is 0 Å². The Morgan fingerprint density at radius 2 is 1.24 bits per heavy atom. The first-order valence-corrected chi connectivity index (χ1v) is 14.0. The van der Waals surface area contributed by atoms with Crippen LogP contribution >= 0.6 is 0 Å². The zero-order chi connectivity index (χ0) is 25.4. The Morgan fingerprint density at radius 3 is 2.08 bits per heavy atom. The number of imidazole rings is 1. The van der Waals surface area contributed by atoms with Gasteiger partial charge in [0.1, 0.15) is 5.82 Å². The highest BCUT2D eigenvalue weighted by atomic mass is 32.2. The summed E-state index contributed by atoms with van der Waals surface area (Å²) in [6.45, 7) is 0. The van der Waals surface area contributed by atoms with Gasteiger partial charge in [0, 0.05) is 5.56 Å². The second-order valence-electron chi connectivity index (χ2n) is 9.63. The fraction of sp³-hybridized carbons (Fsp3) is 0. The van der Waals surface area contributed by atoms with Gasteiger partial charge in [0.25, 0.3) is 0 Å². The number of rotatable bonds is 2. The molecule has 4 nitrogen and oxygen atoms in total. The molecule has 6 aromatic carbocycles. The molecule has 0 radical (unpaired) electrons. The first kappa shape index (κ1) is 21.4. The monoisotopic (exact) mass is 508 g/mol. The number of benzene rings is 6. The normalized spacial score (nSPS) is 13.7. The predicted molar refractivity (Wildman–Crippen MR) is 152 cm³/mol. The summed E-state index contributed by atoms with van der Waals surface area (Å²) in [6, 6.07) is 40.1. The summed E-state index contributed by atoms with van der Waals surface area (Å²) in [7, 11) is -3.62. The van der Waals surface area contributed by atoms with E-state index in [2.05, 4.69) is 78.9 Å². The molecule has 0 saturated heterocycles. The van der Waals surface area contributed by atoms with Gasteiger partial charge in [-0.2, -0.15) is 0 Å². The van der Waals surface area contributed by atoms with E-state index < -0.39 is 9.84 Å². The van der Waals surface area contributed by atoms with Crippen molar-refractivity contribution in [3.05, 3.63) is 121 Å². The maximum atomic E-state index is 13.4. The minimum atomic E-state index is -3.62. The lowest BCUT2D eigenvalue weighted by molar-refractivity contribution is 0.594. The van der Waals surface area contributed by atoms with Crippen LogP contribution in [0.25, 0.3) is 60.8 Å². The van der Waals surface area contributed by atoms with Gasteiger partial charge in [-0.1, -0.05) is 91.0 Å². The first-order chi connectivity index (χ1) is 18.6. The molecule has 0 unspecified atom stereocenters. The third kappa shape index (κ3) is 2.85. The third-order valence-corrected chi connectivity index (χ3v) is 9.38. The second-order valence-corrected chi connectivity index (χ2v) is 11.5. The lowest BCUT2D eigenvalue weighted by atomic mass is 9.93. The van der Waals surface area contributed by atoms with Crippen LogP contribution in [-0.2, 0) is 9.84 Å². The lowest BCUT2D eigenvalue weighted by Gasteiger charge is -2.20. The number of fused-ring (bicyclic) bond motifs is 5. The van der Waals surface area contributed by atoms with E-state index in [1.165, 1.54) is 27.1 Å². The first-order valence-electron chi connectivity index (χ1n) is 12.5. The molecule has 0 spiro atoms. The molecule has 7 aromatic rings. The van der Waals surface area contributed by atoms with Crippen molar-refractivity contribution in [2.75, 3.05) is 0 Å². The van der Waals surface area contributed by atoms with E-state index in [1.54, 1.807) is 24.3 Å². The molecule has 0 N–H and O–H groups in total. The Kier molecular flexibility index (Phi) is 4.29. The molecule has 8 rings (SSSR count). The molecule has 0 aliphatic carbocycles. The minimum absolute atomic E-state index is 0.298. The fourth-order valence-corrected chi connectivity index (χ4v) is 7.46. The largest absolute Gasteiger partial charge is 0.290 e. The van der Waals surface area contributed by atoms with Gasteiger partial charge < -0.3 is 0 Å². The lowest BCUT2D eigenvalue weighted by Crippen LogP contribution is -2.14. The van der Waals surface area contributed by atoms with Crippen LogP contribution in [0.4, 0.5) is 0 Å². The smallest absolute Gasteiger partial charge is 0.210 e. The quantitative estimate of drug-likeness (QED) is 0.224. The van der Waals surface area contributed by atoms with Crippen molar-refractivity contribution in [2.45, 2.75) is 9.79 Å². The van der Waals surface area contributed by atoms with Crippen LogP contribution in [0.15, 0.2) is 131 Å². The summed E-state index contributed by atoms with van der Waals surface area (Å²) in [6.07, 6.45) is 0. The average Bonchev–Trinajstić information content (AvgIpc) is 3.36. The topological polar surface area (TPSA) is 52.0 Å². The Labute approximate surface area is 219 Å². The van der Waals surface area contributed by atoms with E-state index in [1.807, 2.05) is 22.8 Å². The Balaban J connectivity index is 1.34. The number of hydrogen-bond acceptors (Lipinski definition) is 3. The van der Waals surface area contributed by atoms with Gasteiger partial charge in [0.2, 0.25) is 9.84 Å². The Bertz CT molecular complexity index is 2190. The summed E-state index contributed by atoms with van der Waals surface area (Å²) in [4.78, 5) is 5.51. The number of hydrogen-bond donors (Lipinski definition) is 0. The average molecular weight is 509 g/mol. The maximum absolute atomic E-state index is 13.4.